The highest BCUT2D eigenvalue weighted by molar-refractivity contribution is 5.91. The van der Waals surface area contributed by atoms with Gasteiger partial charge in [0.1, 0.15) is 11.6 Å². The van der Waals surface area contributed by atoms with E-state index in [1.54, 1.807) is 13.3 Å². The highest BCUT2D eigenvalue weighted by Crippen LogP contribution is 2.34. The van der Waals surface area contributed by atoms with Crippen molar-refractivity contribution in [3.63, 3.8) is 0 Å². The first kappa shape index (κ1) is 22.6. The largest absolute Gasteiger partial charge is 0.496 e. The van der Waals surface area contributed by atoms with Crippen molar-refractivity contribution in [1.29, 1.82) is 0 Å². The van der Waals surface area contributed by atoms with E-state index < -0.39 is 0 Å². The van der Waals surface area contributed by atoms with E-state index in [2.05, 4.69) is 28.1 Å². The molecule has 6 nitrogen and oxygen atoms in total. The van der Waals surface area contributed by atoms with Crippen LogP contribution in [0.3, 0.4) is 0 Å². The zero-order valence-corrected chi connectivity index (χ0v) is 19.3. The zero-order valence-electron chi connectivity index (χ0n) is 19.3. The van der Waals surface area contributed by atoms with Crippen molar-refractivity contribution in [1.82, 2.24) is 14.8 Å². The number of hydrogen-bond donors (Lipinski definition) is 0. The minimum absolute atomic E-state index is 0.106. The van der Waals surface area contributed by atoms with Gasteiger partial charge in [0.15, 0.2) is 0 Å². The van der Waals surface area contributed by atoms with Gasteiger partial charge in [0.2, 0.25) is 0 Å². The van der Waals surface area contributed by atoms with Crippen molar-refractivity contribution in [3.8, 4) is 5.75 Å². The Hall–Kier alpha value is -2.60. The number of piperidine rings is 1. The summed E-state index contributed by atoms with van der Waals surface area (Å²) in [7, 11) is 1.75. The molecule has 2 aliphatic heterocycles. The van der Waals surface area contributed by atoms with Crippen LogP contribution < -0.4 is 9.64 Å². The molecule has 2 aliphatic rings. The molecule has 2 saturated heterocycles. The molecule has 0 N–H and O–H groups in total. The minimum Gasteiger partial charge on any atom is -0.496 e. The molecule has 6 heteroatoms. The highest BCUT2D eigenvalue weighted by atomic mass is 16.5. The number of carbonyl (C=O) groups excluding carboxylic acids is 1. The number of aromatic nitrogens is 1. The summed E-state index contributed by atoms with van der Waals surface area (Å²) in [6.45, 7) is 5.33. The lowest BCUT2D eigenvalue weighted by molar-refractivity contribution is 0.197. The first-order chi connectivity index (χ1) is 15.8. The molecule has 0 atom stereocenters. The molecule has 172 valence electrons. The third-order valence-corrected chi connectivity index (χ3v) is 6.84. The molecule has 32 heavy (non-hydrogen) atoms. The Bertz CT molecular complexity index is 844. The first-order valence-electron chi connectivity index (χ1n) is 12.1. The molecular formula is C26H36N4O2. The van der Waals surface area contributed by atoms with Gasteiger partial charge in [-0.15, -0.1) is 0 Å². The number of hydrogen-bond acceptors (Lipinski definition) is 4. The van der Waals surface area contributed by atoms with Gasteiger partial charge in [-0.25, -0.2) is 9.78 Å². The van der Waals surface area contributed by atoms with Gasteiger partial charge >= 0.3 is 6.03 Å². The number of pyridine rings is 1. The summed E-state index contributed by atoms with van der Waals surface area (Å²) in [5, 5.41) is 0. The number of ether oxygens (including phenoxy) is 1. The van der Waals surface area contributed by atoms with Crippen LogP contribution in [0, 0.1) is 0 Å². The molecule has 0 spiro atoms. The number of nitrogens with zero attached hydrogens (tertiary/aromatic N) is 4. The molecule has 1 aromatic heterocycles. The van der Waals surface area contributed by atoms with Crippen molar-refractivity contribution in [2.75, 3.05) is 51.3 Å². The summed E-state index contributed by atoms with van der Waals surface area (Å²) in [4.78, 5) is 24.3. The van der Waals surface area contributed by atoms with Crippen LogP contribution in [0.5, 0.6) is 5.75 Å². The number of likely N-dealkylation sites (tertiary alicyclic amines) is 2. The number of urea groups is 1. The molecular weight excluding hydrogens is 400 g/mol. The smallest absolute Gasteiger partial charge is 0.325 e. The van der Waals surface area contributed by atoms with Crippen LogP contribution >= 0.6 is 0 Å². The number of rotatable bonds is 6. The first-order valence-corrected chi connectivity index (χ1v) is 12.1. The lowest BCUT2D eigenvalue weighted by Gasteiger charge is -2.35. The number of para-hydroxylation sites is 1. The Kier molecular flexibility index (Phi) is 7.99. The summed E-state index contributed by atoms with van der Waals surface area (Å²) >= 11 is 0. The number of anilines is 1. The van der Waals surface area contributed by atoms with Crippen LogP contribution in [0.2, 0.25) is 0 Å². The average Bonchev–Trinajstić information content (AvgIpc) is 3.15. The molecule has 2 amide bonds. The molecule has 0 saturated carbocycles. The van der Waals surface area contributed by atoms with Crippen LogP contribution in [0.25, 0.3) is 0 Å². The van der Waals surface area contributed by atoms with Crippen molar-refractivity contribution >= 4 is 11.8 Å². The van der Waals surface area contributed by atoms with Gasteiger partial charge in [0.05, 0.1) is 7.11 Å². The lowest BCUT2D eigenvalue weighted by atomic mass is 9.89. The molecule has 3 heterocycles. The van der Waals surface area contributed by atoms with Crippen molar-refractivity contribution in [2.45, 2.75) is 44.4 Å². The van der Waals surface area contributed by atoms with Crippen LogP contribution in [0.4, 0.5) is 10.6 Å². The summed E-state index contributed by atoms with van der Waals surface area (Å²) in [5.41, 5.74) is 1.32. The van der Waals surface area contributed by atoms with E-state index >= 15 is 0 Å². The maximum Gasteiger partial charge on any atom is 0.325 e. The van der Waals surface area contributed by atoms with Gasteiger partial charge in [-0.05, 0) is 68.5 Å². The minimum atomic E-state index is 0.106. The second-order valence-corrected chi connectivity index (χ2v) is 8.88. The number of amides is 2. The Morgan fingerprint density at radius 1 is 1.00 bits per heavy atom. The predicted octanol–water partition coefficient (Wildman–Crippen LogP) is 4.77. The standard InChI is InChI=1S/C26H36N4O2/c1-32-24-11-5-4-10-23(24)22-13-18-28(19-14-22)20-21-30(25-12-6-7-15-27-25)26(31)29-16-8-2-3-9-17-29/h4-7,10-12,15,22H,2-3,8-9,13-14,16-21H2,1H3. The Morgan fingerprint density at radius 2 is 1.72 bits per heavy atom. The van der Waals surface area contributed by atoms with Crippen molar-refractivity contribution in [3.05, 3.63) is 54.2 Å². The van der Waals surface area contributed by atoms with E-state index in [4.69, 9.17) is 4.74 Å². The average molecular weight is 437 g/mol. The van der Waals surface area contributed by atoms with E-state index in [0.29, 0.717) is 12.5 Å². The summed E-state index contributed by atoms with van der Waals surface area (Å²) in [6.07, 6.45) is 8.63. The SMILES string of the molecule is COc1ccccc1C1CCN(CCN(C(=O)N2CCCCCC2)c2ccccn2)CC1. The van der Waals surface area contributed by atoms with E-state index in [-0.39, 0.29) is 6.03 Å². The zero-order chi connectivity index (χ0) is 22.2. The number of benzene rings is 1. The van der Waals surface area contributed by atoms with E-state index in [1.807, 2.05) is 34.1 Å². The van der Waals surface area contributed by atoms with E-state index in [0.717, 1.165) is 70.0 Å². The second-order valence-electron chi connectivity index (χ2n) is 8.88. The monoisotopic (exact) mass is 436 g/mol. The topological polar surface area (TPSA) is 48.9 Å². The molecule has 0 unspecified atom stereocenters. The summed E-state index contributed by atoms with van der Waals surface area (Å²) < 4.78 is 5.58. The molecule has 0 aliphatic carbocycles. The van der Waals surface area contributed by atoms with Crippen molar-refractivity contribution < 1.29 is 9.53 Å². The maximum absolute atomic E-state index is 13.4. The van der Waals surface area contributed by atoms with Crippen LogP contribution in [0.1, 0.15) is 50.0 Å². The number of methoxy groups -OCH3 is 1. The summed E-state index contributed by atoms with van der Waals surface area (Å²) in [5.74, 6) is 2.29. The Morgan fingerprint density at radius 3 is 2.41 bits per heavy atom. The normalized spacial score (nSPS) is 18.2. The van der Waals surface area contributed by atoms with Gasteiger partial charge in [-0.2, -0.15) is 0 Å². The molecule has 2 fully saturated rings. The molecule has 2 aromatic rings. The lowest BCUT2D eigenvalue weighted by Crippen LogP contribution is -2.48. The second kappa shape index (κ2) is 11.3. The fourth-order valence-electron chi connectivity index (χ4n) is 4.97. The van der Waals surface area contributed by atoms with Gasteiger partial charge in [0.25, 0.3) is 0 Å². The van der Waals surface area contributed by atoms with E-state index in [1.165, 1.54) is 18.4 Å². The molecule has 4 rings (SSSR count). The third-order valence-electron chi connectivity index (χ3n) is 6.84. The molecule has 0 bridgehead atoms. The van der Waals surface area contributed by atoms with Gasteiger partial charge in [-0.1, -0.05) is 37.1 Å². The third kappa shape index (κ3) is 5.60. The van der Waals surface area contributed by atoms with Gasteiger partial charge < -0.3 is 14.5 Å². The fraction of sp³-hybridized carbons (Fsp3) is 0.538. The maximum atomic E-state index is 13.4. The quantitative estimate of drug-likeness (QED) is 0.654. The van der Waals surface area contributed by atoms with Crippen LogP contribution in [-0.4, -0.2) is 67.2 Å². The van der Waals surface area contributed by atoms with Crippen LogP contribution in [-0.2, 0) is 0 Å². The Balaban J connectivity index is 1.37. The number of carbonyl (C=O) groups is 1. The fourth-order valence-corrected chi connectivity index (χ4v) is 4.97. The van der Waals surface area contributed by atoms with Gasteiger partial charge in [-0.3, -0.25) is 4.90 Å². The highest BCUT2D eigenvalue weighted by Gasteiger charge is 2.27. The van der Waals surface area contributed by atoms with Gasteiger partial charge in [0, 0.05) is 32.4 Å². The Labute approximate surface area is 192 Å². The van der Waals surface area contributed by atoms with Crippen molar-refractivity contribution in [2.24, 2.45) is 0 Å². The summed E-state index contributed by atoms with van der Waals surface area (Å²) in [6, 6.07) is 14.3. The van der Waals surface area contributed by atoms with E-state index in [9.17, 15) is 4.79 Å². The molecule has 1 aromatic carbocycles. The molecule has 0 radical (unpaired) electrons. The predicted molar refractivity (Wildman–Crippen MR) is 128 cm³/mol. The van der Waals surface area contributed by atoms with Crippen LogP contribution in [0.15, 0.2) is 48.7 Å².